The highest BCUT2D eigenvalue weighted by atomic mass is 19.1. The predicted octanol–water partition coefficient (Wildman–Crippen LogP) is 4.88. The Labute approximate surface area is 181 Å². The number of pyridine rings is 1. The summed E-state index contributed by atoms with van der Waals surface area (Å²) >= 11 is 0. The topological polar surface area (TPSA) is 87.9 Å². The van der Waals surface area contributed by atoms with Crippen LogP contribution in [0.3, 0.4) is 0 Å². The minimum absolute atomic E-state index is 0.217. The fourth-order valence-electron chi connectivity index (χ4n) is 4.41. The lowest BCUT2D eigenvalue weighted by Crippen LogP contribution is -2.31. The van der Waals surface area contributed by atoms with Gasteiger partial charge in [0.2, 0.25) is 5.89 Å². The van der Waals surface area contributed by atoms with Crippen LogP contribution in [0.15, 0.2) is 65.2 Å². The predicted molar refractivity (Wildman–Crippen MR) is 116 cm³/mol. The zero-order chi connectivity index (χ0) is 21.7. The molecule has 1 saturated heterocycles. The van der Waals surface area contributed by atoms with Gasteiger partial charge in [-0.15, -0.1) is 10.2 Å². The number of amides is 1. The van der Waals surface area contributed by atoms with Crippen molar-refractivity contribution >= 4 is 27.6 Å². The first kappa shape index (κ1) is 18.7. The van der Waals surface area contributed by atoms with Gasteiger partial charge in [-0.1, -0.05) is 30.3 Å². The number of halogens is 1. The summed E-state index contributed by atoms with van der Waals surface area (Å²) < 4.78 is 20.1. The van der Waals surface area contributed by atoms with Crippen LogP contribution in [-0.2, 0) is 0 Å². The Morgan fingerprint density at radius 1 is 1.09 bits per heavy atom. The van der Waals surface area contributed by atoms with Gasteiger partial charge in [0.1, 0.15) is 23.2 Å². The second kappa shape index (κ2) is 7.26. The monoisotopic (exact) mass is 427 g/mol. The standard InChI is InChI=1S/C24H18FN5O2/c25-17-7-3-8-18-16(17)13-19(27-18)24(31)30-12-4-9-20(30)22-28-29-23(32-22)21-15-6-2-1-5-14(15)10-11-26-21/h1-3,5-8,10-11,13,20,27H,4,9,12H2/t20-/m0/s1. The third-order valence-corrected chi connectivity index (χ3v) is 5.96. The van der Waals surface area contributed by atoms with Crippen LogP contribution in [0.4, 0.5) is 4.39 Å². The Kier molecular flexibility index (Phi) is 4.24. The van der Waals surface area contributed by atoms with E-state index in [-0.39, 0.29) is 17.8 Å². The van der Waals surface area contributed by atoms with Crippen LogP contribution in [-0.4, -0.2) is 37.5 Å². The van der Waals surface area contributed by atoms with Crippen molar-refractivity contribution in [1.82, 2.24) is 25.1 Å². The number of rotatable bonds is 3. The molecule has 1 amide bonds. The van der Waals surface area contributed by atoms with E-state index in [1.54, 1.807) is 29.3 Å². The number of benzene rings is 2. The third kappa shape index (κ3) is 2.95. The third-order valence-electron chi connectivity index (χ3n) is 5.96. The highest BCUT2D eigenvalue weighted by Gasteiger charge is 2.35. The molecule has 0 spiro atoms. The molecule has 1 aliphatic rings. The lowest BCUT2D eigenvalue weighted by molar-refractivity contribution is 0.0711. The molecular formula is C24H18FN5O2. The summed E-state index contributed by atoms with van der Waals surface area (Å²) in [5.41, 5.74) is 1.54. The number of nitrogens with one attached hydrogen (secondary N) is 1. The largest absolute Gasteiger partial charge is 0.417 e. The van der Waals surface area contributed by atoms with Crippen molar-refractivity contribution in [3.05, 3.63) is 78.2 Å². The van der Waals surface area contributed by atoms with Crippen LogP contribution in [0.5, 0.6) is 0 Å². The number of carbonyl (C=O) groups excluding carboxylic acids is 1. The highest BCUT2D eigenvalue weighted by Crippen LogP contribution is 2.35. The Balaban J connectivity index is 1.33. The van der Waals surface area contributed by atoms with Crippen molar-refractivity contribution in [2.75, 3.05) is 6.54 Å². The number of nitrogens with zero attached hydrogens (tertiary/aromatic N) is 4. The van der Waals surface area contributed by atoms with E-state index in [1.807, 2.05) is 30.3 Å². The molecule has 32 heavy (non-hydrogen) atoms. The van der Waals surface area contributed by atoms with Crippen molar-refractivity contribution in [2.24, 2.45) is 0 Å². The maximum Gasteiger partial charge on any atom is 0.270 e. The molecule has 7 nitrogen and oxygen atoms in total. The molecule has 8 heteroatoms. The van der Waals surface area contributed by atoms with Gasteiger partial charge in [0, 0.05) is 29.0 Å². The van der Waals surface area contributed by atoms with Crippen molar-refractivity contribution < 1.29 is 13.6 Å². The number of aromatic nitrogens is 4. The first-order chi connectivity index (χ1) is 15.7. The zero-order valence-corrected chi connectivity index (χ0v) is 17.0. The Morgan fingerprint density at radius 2 is 2.00 bits per heavy atom. The molecule has 1 atom stereocenters. The van der Waals surface area contributed by atoms with E-state index in [4.69, 9.17) is 4.42 Å². The molecular weight excluding hydrogens is 409 g/mol. The maximum atomic E-state index is 14.1. The molecule has 6 rings (SSSR count). The summed E-state index contributed by atoms with van der Waals surface area (Å²) in [7, 11) is 0. The summed E-state index contributed by atoms with van der Waals surface area (Å²) in [5.74, 6) is 0.123. The quantitative estimate of drug-likeness (QED) is 0.443. The van der Waals surface area contributed by atoms with E-state index < -0.39 is 0 Å². The second-order valence-electron chi connectivity index (χ2n) is 7.87. The normalized spacial score (nSPS) is 16.3. The fourth-order valence-corrected chi connectivity index (χ4v) is 4.41. The number of fused-ring (bicyclic) bond motifs is 2. The summed E-state index contributed by atoms with van der Waals surface area (Å²) in [4.78, 5) is 22.4. The maximum absolute atomic E-state index is 14.1. The molecule has 3 aromatic heterocycles. The minimum Gasteiger partial charge on any atom is -0.417 e. The van der Waals surface area contributed by atoms with Crippen LogP contribution >= 0.6 is 0 Å². The van der Waals surface area contributed by atoms with Crippen molar-refractivity contribution in [3.8, 4) is 11.6 Å². The molecule has 158 valence electrons. The average Bonchev–Trinajstić information content (AvgIpc) is 3.57. The molecule has 1 N–H and O–H groups in total. The highest BCUT2D eigenvalue weighted by molar-refractivity contribution is 5.98. The fraction of sp³-hybridized carbons (Fsp3) is 0.167. The Bertz CT molecular complexity index is 1470. The minimum atomic E-state index is -0.361. The zero-order valence-electron chi connectivity index (χ0n) is 17.0. The van der Waals surface area contributed by atoms with Gasteiger partial charge < -0.3 is 14.3 Å². The summed E-state index contributed by atoms with van der Waals surface area (Å²) in [6, 6.07) is 15.7. The smallest absolute Gasteiger partial charge is 0.270 e. The molecule has 0 aliphatic carbocycles. The van der Waals surface area contributed by atoms with Gasteiger partial charge in [0.25, 0.3) is 11.8 Å². The molecule has 0 radical (unpaired) electrons. The number of hydrogen-bond acceptors (Lipinski definition) is 5. The van der Waals surface area contributed by atoms with Crippen LogP contribution < -0.4 is 0 Å². The van der Waals surface area contributed by atoms with Gasteiger partial charge >= 0.3 is 0 Å². The number of likely N-dealkylation sites (tertiary alicyclic amines) is 1. The van der Waals surface area contributed by atoms with E-state index in [0.29, 0.717) is 47.0 Å². The van der Waals surface area contributed by atoms with E-state index in [0.717, 1.165) is 17.2 Å². The summed E-state index contributed by atoms with van der Waals surface area (Å²) in [5, 5.41) is 10.8. The van der Waals surface area contributed by atoms with Gasteiger partial charge in [0.05, 0.1) is 0 Å². The van der Waals surface area contributed by atoms with E-state index in [2.05, 4.69) is 20.2 Å². The number of carbonyl (C=O) groups is 1. The molecule has 0 unspecified atom stereocenters. The Morgan fingerprint density at radius 3 is 2.91 bits per heavy atom. The molecule has 2 aromatic carbocycles. The first-order valence-corrected chi connectivity index (χ1v) is 10.4. The SMILES string of the molecule is O=C(c1cc2c(F)cccc2[nH]1)N1CCC[C@H]1c1nnc(-c2nccc3ccccc23)o1. The van der Waals surface area contributed by atoms with Crippen molar-refractivity contribution in [2.45, 2.75) is 18.9 Å². The number of hydrogen-bond donors (Lipinski definition) is 1. The van der Waals surface area contributed by atoms with Crippen molar-refractivity contribution in [3.63, 3.8) is 0 Å². The van der Waals surface area contributed by atoms with Crippen LogP contribution in [0.1, 0.15) is 35.3 Å². The van der Waals surface area contributed by atoms with E-state index >= 15 is 0 Å². The lowest BCUT2D eigenvalue weighted by Gasteiger charge is -2.21. The van der Waals surface area contributed by atoms with Gasteiger partial charge in [-0.3, -0.25) is 9.78 Å². The van der Waals surface area contributed by atoms with Crippen LogP contribution in [0.25, 0.3) is 33.3 Å². The van der Waals surface area contributed by atoms with Crippen LogP contribution in [0, 0.1) is 5.82 Å². The van der Waals surface area contributed by atoms with Crippen molar-refractivity contribution in [1.29, 1.82) is 0 Å². The van der Waals surface area contributed by atoms with Gasteiger partial charge in [-0.05, 0) is 42.5 Å². The number of H-pyrrole nitrogens is 1. The average molecular weight is 427 g/mol. The van der Waals surface area contributed by atoms with E-state index in [1.165, 1.54) is 6.07 Å². The first-order valence-electron chi connectivity index (χ1n) is 10.4. The van der Waals surface area contributed by atoms with E-state index in [9.17, 15) is 9.18 Å². The van der Waals surface area contributed by atoms with Crippen LogP contribution in [0.2, 0.25) is 0 Å². The summed E-state index contributed by atoms with van der Waals surface area (Å²) in [6.45, 7) is 0.561. The van der Waals surface area contributed by atoms with Gasteiger partial charge in [-0.2, -0.15) is 0 Å². The van der Waals surface area contributed by atoms with Gasteiger partial charge in [0.15, 0.2) is 0 Å². The lowest BCUT2D eigenvalue weighted by atomic mass is 10.1. The molecule has 4 heterocycles. The molecule has 1 fully saturated rings. The van der Waals surface area contributed by atoms with Gasteiger partial charge in [-0.25, -0.2) is 4.39 Å². The second-order valence-corrected chi connectivity index (χ2v) is 7.87. The molecule has 5 aromatic rings. The molecule has 0 bridgehead atoms. The number of aromatic amines is 1. The Hall–Kier alpha value is -4.07. The summed E-state index contributed by atoms with van der Waals surface area (Å²) in [6.07, 6.45) is 3.24. The molecule has 1 aliphatic heterocycles. The molecule has 0 saturated carbocycles.